The van der Waals surface area contributed by atoms with Crippen LogP contribution in [0.4, 0.5) is 5.69 Å². The van der Waals surface area contributed by atoms with Crippen molar-refractivity contribution in [2.24, 2.45) is 11.8 Å². The fraction of sp³-hybridized carbons (Fsp3) is 0.538. The van der Waals surface area contributed by atoms with Crippen LogP contribution in [0.25, 0.3) is 0 Å². The van der Waals surface area contributed by atoms with Gasteiger partial charge in [0.15, 0.2) is 0 Å². The summed E-state index contributed by atoms with van der Waals surface area (Å²) in [7, 11) is 2.07. The standard InChI is InChI=1S/C13H21NO/c1-11(2)12(10-15)9-14(3)13-7-5-4-6-8-13/h4-8,11-12,15H,9-10H2,1-3H3. The maximum atomic E-state index is 9.27. The zero-order valence-electron chi connectivity index (χ0n) is 9.85. The molecule has 15 heavy (non-hydrogen) atoms. The van der Waals surface area contributed by atoms with E-state index in [0.717, 1.165) is 6.54 Å². The lowest BCUT2D eigenvalue weighted by molar-refractivity contribution is 0.193. The predicted octanol–water partition coefficient (Wildman–Crippen LogP) is 2.39. The van der Waals surface area contributed by atoms with E-state index in [1.165, 1.54) is 5.69 Å². The van der Waals surface area contributed by atoms with Crippen LogP contribution in [-0.4, -0.2) is 25.3 Å². The van der Waals surface area contributed by atoms with Crippen LogP contribution in [-0.2, 0) is 0 Å². The largest absolute Gasteiger partial charge is 0.396 e. The number of para-hydroxylation sites is 1. The Hall–Kier alpha value is -1.02. The van der Waals surface area contributed by atoms with Crippen molar-refractivity contribution >= 4 is 5.69 Å². The smallest absolute Gasteiger partial charge is 0.0478 e. The van der Waals surface area contributed by atoms with Crippen LogP contribution in [0.15, 0.2) is 30.3 Å². The Morgan fingerprint density at radius 1 is 1.20 bits per heavy atom. The van der Waals surface area contributed by atoms with Gasteiger partial charge < -0.3 is 10.0 Å². The van der Waals surface area contributed by atoms with Crippen molar-refractivity contribution in [1.82, 2.24) is 0 Å². The van der Waals surface area contributed by atoms with Gasteiger partial charge in [0.25, 0.3) is 0 Å². The molecule has 2 heteroatoms. The van der Waals surface area contributed by atoms with Gasteiger partial charge >= 0.3 is 0 Å². The van der Waals surface area contributed by atoms with E-state index in [9.17, 15) is 5.11 Å². The molecule has 0 radical (unpaired) electrons. The molecular weight excluding hydrogens is 186 g/mol. The SMILES string of the molecule is CC(C)C(CO)CN(C)c1ccccc1. The van der Waals surface area contributed by atoms with Gasteiger partial charge in [0, 0.05) is 31.8 Å². The number of anilines is 1. The van der Waals surface area contributed by atoms with Crippen molar-refractivity contribution in [1.29, 1.82) is 0 Å². The summed E-state index contributed by atoms with van der Waals surface area (Å²) >= 11 is 0. The number of hydrogen-bond acceptors (Lipinski definition) is 2. The molecule has 0 aliphatic carbocycles. The third kappa shape index (κ3) is 3.56. The van der Waals surface area contributed by atoms with Crippen molar-refractivity contribution < 1.29 is 5.11 Å². The van der Waals surface area contributed by atoms with Gasteiger partial charge in [-0.2, -0.15) is 0 Å². The lowest BCUT2D eigenvalue weighted by Gasteiger charge is -2.26. The molecule has 0 saturated carbocycles. The number of nitrogens with zero attached hydrogens (tertiary/aromatic N) is 1. The molecule has 0 bridgehead atoms. The molecule has 0 fully saturated rings. The Kier molecular flexibility index (Phi) is 4.63. The minimum Gasteiger partial charge on any atom is -0.396 e. The molecular formula is C13H21NO. The van der Waals surface area contributed by atoms with E-state index in [1.807, 2.05) is 18.2 Å². The molecule has 84 valence electrons. The van der Waals surface area contributed by atoms with E-state index in [0.29, 0.717) is 11.8 Å². The van der Waals surface area contributed by atoms with Gasteiger partial charge in [-0.15, -0.1) is 0 Å². The maximum Gasteiger partial charge on any atom is 0.0478 e. The number of benzene rings is 1. The van der Waals surface area contributed by atoms with Crippen molar-refractivity contribution in [2.45, 2.75) is 13.8 Å². The summed E-state index contributed by atoms with van der Waals surface area (Å²) in [5.74, 6) is 0.858. The van der Waals surface area contributed by atoms with Crippen molar-refractivity contribution in [2.75, 3.05) is 25.1 Å². The lowest BCUT2D eigenvalue weighted by atomic mass is 9.96. The third-order valence-corrected chi connectivity index (χ3v) is 2.88. The molecule has 1 rings (SSSR count). The number of rotatable bonds is 5. The normalized spacial score (nSPS) is 12.9. The average Bonchev–Trinajstić information content (AvgIpc) is 2.26. The van der Waals surface area contributed by atoms with Gasteiger partial charge in [-0.1, -0.05) is 32.0 Å². The van der Waals surface area contributed by atoms with Gasteiger partial charge in [-0.25, -0.2) is 0 Å². The van der Waals surface area contributed by atoms with E-state index < -0.39 is 0 Å². The van der Waals surface area contributed by atoms with E-state index in [2.05, 4.69) is 37.9 Å². The van der Waals surface area contributed by atoms with Gasteiger partial charge in [0.05, 0.1) is 0 Å². The van der Waals surface area contributed by atoms with Crippen LogP contribution in [0.3, 0.4) is 0 Å². The molecule has 1 atom stereocenters. The molecule has 1 aromatic carbocycles. The highest BCUT2D eigenvalue weighted by Gasteiger charge is 2.14. The van der Waals surface area contributed by atoms with Gasteiger partial charge in [-0.05, 0) is 18.1 Å². The highest BCUT2D eigenvalue weighted by atomic mass is 16.3. The molecule has 0 heterocycles. The van der Waals surface area contributed by atoms with Crippen molar-refractivity contribution in [3.8, 4) is 0 Å². The van der Waals surface area contributed by atoms with E-state index in [1.54, 1.807) is 0 Å². The summed E-state index contributed by atoms with van der Waals surface area (Å²) in [6.07, 6.45) is 0. The summed E-state index contributed by atoms with van der Waals surface area (Å²) in [6, 6.07) is 10.3. The molecule has 1 N–H and O–H groups in total. The molecule has 0 aliphatic rings. The first-order valence-electron chi connectivity index (χ1n) is 5.52. The van der Waals surface area contributed by atoms with Crippen LogP contribution < -0.4 is 4.90 Å². The fourth-order valence-corrected chi connectivity index (χ4v) is 1.62. The number of aliphatic hydroxyl groups is 1. The third-order valence-electron chi connectivity index (χ3n) is 2.88. The summed E-state index contributed by atoms with van der Waals surface area (Å²) in [4.78, 5) is 2.20. The summed E-state index contributed by atoms with van der Waals surface area (Å²) < 4.78 is 0. The molecule has 1 aromatic rings. The van der Waals surface area contributed by atoms with Gasteiger partial charge in [-0.3, -0.25) is 0 Å². The van der Waals surface area contributed by atoms with Crippen LogP contribution in [0.5, 0.6) is 0 Å². The van der Waals surface area contributed by atoms with Crippen molar-refractivity contribution in [3.05, 3.63) is 30.3 Å². The lowest BCUT2D eigenvalue weighted by Crippen LogP contribution is -2.30. The molecule has 0 aliphatic heterocycles. The topological polar surface area (TPSA) is 23.5 Å². The predicted molar refractivity (Wildman–Crippen MR) is 65.1 cm³/mol. The minimum atomic E-state index is 0.259. The zero-order chi connectivity index (χ0) is 11.3. The van der Waals surface area contributed by atoms with Crippen LogP contribution in [0, 0.1) is 11.8 Å². The van der Waals surface area contributed by atoms with E-state index in [-0.39, 0.29) is 6.61 Å². The highest BCUT2D eigenvalue weighted by molar-refractivity contribution is 5.44. The first-order valence-corrected chi connectivity index (χ1v) is 5.52. The number of hydrogen-bond donors (Lipinski definition) is 1. The van der Waals surface area contributed by atoms with E-state index >= 15 is 0 Å². The Bertz CT molecular complexity index is 271. The van der Waals surface area contributed by atoms with Gasteiger partial charge in [0.2, 0.25) is 0 Å². The summed E-state index contributed by atoms with van der Waals surface area (Å²) in [5, 5.41) is 9.27. The van der Waals surface area contributed by atoms with Crippen LogP contribution in [0.1, 0.15) is 13.8 Å². The molecule has 1 unspecified atom stereocenters. The zero-order valence-corrected chi connectivity index (χ0v) is 9.85. The Morgan fingerprint density at radius 3 is 2.27 bits per heavy atom. The minimum absolute atomic E-state index is 0.259. The van der Waals surface area contributed by atoms with Crippen molar-refractivity contribution in [3.63, 3.8) is 0 Å². The molecule has 0 amide bonds. The molecule has 2 nitrogen and oxygen atoms in total. The molecule has 0 spiro atoms. The maximum absolute atomic E-state index is 9.27. The Balaban J connectivity index is 2.58. The molecule has 0 aromatic heterocycles. The quantitative estimate of drug-likeness (QED) is 0.801. The monoisotopic (exact) mass is 207 g/mol. The summed E-state index contributed by atoms with van der Waals surface area (Å²) in [6.45, 7) is 5.46. The van der Waals surface area contributed by atoms with Crippen LogP contribution in [0.2, 0.25) is 0 Å². The summed E-state index contributed by atoms with van der Waals surface area (Å²) in [5.41, 5.74) is 1.21. The second-order valence-electron chi connectivity index (χ2n) is 4.40. The first-order chi connectivity index (χ1) is 7.15. The first kappa shape index (κ1) is 12.1. The Labute approximate surface area is 92.5 Å². The van der Waals surface area contributed by atoms with Gasteiger partial charge in [0.1, 0.15) is 0 Å². The second-order valence-corrected chi connectivity index (χ2v) is 4.40. The highest BCUT2D eigenvalue weighted by Crippen LogP contribution is 2.16. The average molecular weight is 207 g/mol. The second kappa shape index (κ2) is 5.76. The van der Waals surface area contributed by atoms with E-state index in [4.69, 9.17) is 0 Å². The van der Waals surface area contributed by atoms with Crippen LogP contribution >= 0.6 is 0 Å². The Morgan fingerprint density at radius 2 is 1.80 bits per heavy atom. The number of aliphatic hydroxyl groups excluding tert-OH is 1. The fourth-order valence-electron chi connectivity index (χ4n) is 1.62. The molecule has 0 saturated heterocycles.